The summed E-state index contributed by atoms with van der Waals surface area (Å²) < 4.78 is 47.0. The monoisotopic (exact) mass is 302 g/mol. The van der Waals surface area contributed by atoms with Gasteiger partial charge in [-0.15, -0.1) is 0 Å². The van der Waals surface area contributed by atoms with Crippen LogP contribution < -0.4 is 14.8 Å². The van der Waals surface area contributed by atoms with Crippen molar-refractivity contribution in [2.75, 3.05) is 14.2 Å². The molecule has 0 aliphatic rings. The van der Waals surface area contributed by atoms with E-state index >= 15 is 0 Å². The third-order valence-electron chi connectivity index (χ3n) is 2.81. The second kappa shape index (κ2) is 5.91. The Kier molecular flexibility index (Phi) is 4.68. The first-order valence-electron chi connectivity index (χ1n) is 5.71. The lowest BCUT2D eigenvalue weighted by Gasteiger charge is -2.25. The summed E-state index contributed by atoms with van der Waals surface area (Å²) in [6.07, 6.45) is -5.07. The molecule has 8 heteroatoms. The number of nitrogens with zero attached hydrogens (tertiary/aromatic N) is 1. The Hall–Kier alpha value is -2.43. The van der Waals surface area contributed by atoms with Gasteiger partial charge in [-0.1, -0.05) is 6.07 Å². The summed E-state index contributed by atoms with van der Waals surface area (Å²) in [7, 11) is 2.74. The number of hydrogen-bond acceptors (Lipinski definition) is 4. The Morgan fingerprint density at radius 3 is 2.24 bits per heavy atom. The number of methoxy groups -OCH3 is 2. The normalized spacial score (nSPS) is 13.8. The van der Waals surface area contributed by atoms with Crippen molar-refractivity contribution in [1.29, 1.82) is 5.26 Å². The number of nitriles is 1. The minimum atomic E-state index is -5.07. The number of ether oxygens (including phenoxy) is 2. The lowest BCUT2D eigenvalue weighted by Crippen LogP contribution is -2.48. The highest BCUT2D eigenvalue weighted by atomic mass is 19.4. The number of amides is 1. The first-order chi connectivity index (χ1) is 9.67. The van der Waals surface area contributed by atoms with Crippen LogP contribution in [0.1, 0.15) is 12.5 Å². The number of benzene rings is 1. The average Bonchev–Trinajstić information content (AvgIpc) is 2.45. The molecule has 1 aromatic rings. The van der Waals surface area contributed by atoms with Crippen molar-refractivity contribution in [3.8, 4) is 17.6 Å². The van der Waals surface area contributed by atoms with E-state index in [1.165, 1.54) is 32.4 Å². The van der Waals surface area contributed by atoms with Gasteiger partial charge in [-0.05, 0) is 24.6 Å². The van der Waals surface area contributed by atoms with Gasteiger partial charge in [0.05, 0.1) is 20.3 Å². The van der Waals surface area contributed by atoms with Crippen molar-refractivity contribution in [3.63, 3.8) is 0 Å². The molecule has 0 saturated carbocycles. The highest BCUT2D eigenvalue weighted by Crippen LogP contribution is 2.32. The van der Waals surface area contributed by atoms with Crippen LogP contribution in [0.25, 0.3) is 0 Å². The maximum atomic E-state index is 12.3. The molecule has 21 heavy (non-hydrogen) atoms. The van der Waals surface area contributed by atoms with E-state index in [4.69, 9.17) is 14.7 Å². The molecule has 0 fully saturated rings. The average molecular weight is 302 g/mol. The van der Waals surface area contributed by atoms with Gasteiger partial charge in [0.25, 0.3) is 0 Å². The summed E-state index contributed by atoms with van der Waals surface area (Å²) in [4.78, 5) is 11.0. The number of rotatable bonds is 4. The molecule has 5 nitrogen and oxygen atoms in total. The van der Waals surface area contributed by atoms with Crippen molar-refractivity contribution in [2.24, 2.45) is 0 Å². The smallest absolute Gasteiger partial charge is 0.471 e. The molecule has 0 bridgehead atoms. The maximum absolute atomic E-state index is 12.3. The fraction of sp³-hybridized carbons (Fsp3) is 0.385. The van der Waals surface area contributed by atoms with Gasteiger partial charge in [0, 0.05) is 0 Å². The first-order valence-corrected chi connectivity index (χ1v) is 5.71. The van der Waals surface area contributed by atoms with E-state index in [-0.39, 0.29) is 11.3 Å². The molecule has 1 atom stereocenters. The molecule has 0 spiro atoms. The van der Waals surface area contributed by atoms with Crippen LogP contribution in [0.4, 0.5) is 13.2 Å². The lowest BCUT2D eigenvalue weighted by atomic mass is 9.93. The molecule has 0 aliphatic carbocycles. The van der Waals surface area contributed by atoms with Crippen molar-refractivity contribution < 1.29 is 27.4 Å². The summed E-state index contributed by atoms with van der Waals surface area (Å²) in [5.74, 6) is -1.61. The van der Waals surface area contributed by atoms with E-state index in [1.807, 2.05) is 0 Å². The zero-order valence-electron chi connectivity index (χ0n) is 11.5. The number of hydrogen-bond donors (Lipinski definition) is 1. The van der Waals surface area contributed by atoms with E-state index in [9.17, 15) is 18.0 Å². The van der Waals surface area contributed by atoms with Crippen LogP contribution in [-0.2, 0) is 10.3 Å². The molecule has 0 unspecified atom stereocenters. The number of halogens is 3. The zero-order valence-corrected chi connectivity index (χ0v) is 11.5. The highest BCUT2D eigenvalue weighted by molar-refractivity contribution is 5.83. The maximum Gasteiger partial charge on any atom is 0.471 e. The van der Waals surface area contributed by atoms with Crippen LogP contribution in [0, 0.1) is 11.3 Å². The Labute approximate surface area is 119 Å². The SMILES string of the molecule is COc1ccc([C@](C)(C#N)NC(=O)C(F)(F)F)cc1OC. The Morgan fingerprint density at radius 1 is 1.24 bits per heavy atom. The van der Waals surface area contributed by atoms with E-state index in [0.717, 1.165) is 6.92 Å². The summed E-state index contributed by atoms with van der Waals surface area (Å²) in [6, 6.07) is 5.80. The molecule has 0 saturated heterocycles. The summed E-state index contributed by atoms with van der Waals surface area (Å²) in [6.45, 7) is 1.16. The molecular formula is C13H13F3N2O3. The van der Waals surface area contributed by atoms with Crippen molar-refractivity contribution in [1.82, 2.24) is 5.32 Å². The minimum Gasteiger partial charge on any atom is -0.493 e. The van der Waals surface area contributed by atoms with E-state index < -0.39 is 17.6 Å². The van der Waals surface area contributed by atoms with Gasteiger partial charge >= 0.3 is 12.1 Å². The standard InChI is InChI=1S/C13H13F3N2O3/c1-12(7-17,18-11(19)13(14,15)16)8-4-5-9(20-2)10(6-8)21-3/h4-6H,1-3H3,(H,18,19)/t12-/m0/s1. The molecule has 1 amide bonds. The van der Waals surface area contributed by atoms with Crippen molar-refractivity contribution in [2.45, 2.75) is 18.6 Å². The number of nitrogens with one attached hydrogen (secondary N) is 1. The Balaban J connectivity index is 3.21. The molecule has 1 rings (SSSR count). The summed E-state index contributed by atoms with van der Waals surface area (Å²) in [5, 5.41) is 10.8. The summed E-state index contributed by atoms with van der Waals surface area (Å²) >= 11 is 0. The van der Waals surface area contributed by atoms with Gasteiger partial charge in [0.1, 0.15) is 0 Å². The summed E-state index contributed by atoms with van der Waals surface area (Å²) in [5.41, 5.74) is -1.72. The molecule has 0 radical (unpaired) electrons. The third-order valence-corrected chi connectivity index (χ3v) is 2.81. The Bertz CT molecular complexity index is 581. The molecule has 0 aliphatic heterocycles. The molecule has 0 heterocycles. The van der Waals surface area contributed by atoms with Crippen LogP contribution in [0.15, 0.2) is 18.2 Å². The molecular weight excluding hydrogens is 289 g/mol. The largest absolute Gasteiger partial charge is 0.493 e. The topological polar surface area (TPSA) is 71.3 Å². The second-order valence-corrected chi connectivity index (χ2v) is 4.26. The second-order valence-electron chi connectivity index (χ2n) is 4.26. The fourth-order valence-electron chi connectivity index (χ4n) is 1.61. The van der Waals surface area contributed by atoms with Crippen LogP contribution in [0.3, 0.4) is 0 Å². The van der Waals surface area contributed by atoms with Gasteiger partial charge in [0.15, 0.2) is 17.0 Å². The van der Waals surface area contributed by atoms with Gasteiger partial charge in [0.2, 0.25) is 0 Å². The van der Waals surface area contributed by atoms with Gasteiger partial charge < -0.3 is 14.8 Å². The van der Waals surface area contributed by atoms with Gasteiger partial charge in [-0.25, -0.2) is 0 Å². The van der Waals surface area contributed by atoms with Gasteiger partial charge in [-0.2, -0.15) is 18.4 Å². The van der Waals surface area contributed by atoms with Crippen LogP contribution >= 0.6 is 0 Å². The van der Waals surface area contributed by atoms with E-state index in [1.54, 1.807) is 11.4 Å². The molecule has 114 valence electrons. The third kappa shape index (κ3) is 3.56. The van der Waals surface area contributed by atoms with Gasteiger partial charge in [-0.3, -0.25) is 4.79 Å². The fourth-order valence-corrected chi connectivity index (χ4v) is 1.61. The number of alkyl halides is 3. The molecule has 0 aromatic heterocycles. The van der Waals surface area contributed by atoms with E-state index in [2.05, 4.69) is 0 Å². The quantitative estimate of drug-likeness (QED) is 0.924. The predicted octanol–water partition coefficient (Wildman–Crippen LogP) is 2.12. The zero-order chi connectivity index (χ0) is 16.3. The Morgan fingerprint density at radius 2 is 1.81 bits per heavy atom. The number of carbonyl (C=O) groups excluding carboxylic acids is 1. The van der Waals surface area contributed by atoms with Crippen LogP contribution in [-0.4, -0.2) is 26.3 Å². The molecule has 1 aromatic carbocycles. The molecule has 1 N–H and O–H groups in total. The lowest BCUT2D eigenvalue weighted by molar-refractivity contribution is -0.175. The van der Waals surface area contributed by atoms with E-state index in [0.29, 0.717) is 5.75 Å². The van der Waals surface area contributed by atoms with Crippen molar-refractivity contribution in [3.05, 3.63) is 23.8 Å². The minimum absolute atomic E-state index is 0.139. The van der Waals surface area contributed by atoms with Crippen molar-refractivity contribution >= 4 is 5.91 Å². The van der Waals surface area contributed by atoms with Crippen LogP contribution in [0.5, 0.6) is 11.5 Å². The number of carbonyl (C=O) groups is 1. The first kappa shape index (κ1) is 16.6. The highest BCUT2D eigenvalue weighted by Gasteiger charge is 2.43. The van der Waals surface area contributed by atoms with Crippen LogP contribution in [0.2, 0.25) is 0 Å². The predicted molar refractivity (Wildman–Crippen MR) is 66.7 cm³/mol.